The van der Waals surface area contributed by atoms with Crippen LogP contribution in [0, 0.1) is 18.3 Å². The molecule has 0 bridgehead atoms. The molecule has 1 aromatic carbocycles. The number of nitrogens with one attached hydrogen (secondary N) is 2. The SMILES string of the molecule is C#Cc1ccccc1C(C(=O)NC(C)CCC)N(C(=O)C(CCSC)NC(=O)OC(C)(C)C)C(C)CCC(C)C. The second-order valence-corrected chi connectivity index (χ2v) is 12.9. The minimum Gasteiger partial charge on any atom is -0.444 e. The molecule has 0 aliphatic heterocycles. The quantitative estimate of drug-likeness (QED) is 0.240. The summed E-state index contributed by atoms with van der Waals surface area (Å²) in [5.74, 6) is 3.15. The summed E-state index contributed by atoms with van der Waals surface area (Å²) in [6.07, 6.45) is 10.8. The zero-order chi connectivity index (χ0) is 30.5. The van der Waals surface area contributed by atoms with E-state index in [0.717, 1.165) is 19.3 Å². The fraction of sp³-hybridized carbons (Fsp3) is 0.656. The molecule has 0 spiro atoms. The van der Waals surface area contributed by atoms with Gasteiger partial charge in [0.15, 0.2) is 0 Å². The molecule has 0 aliphatic carbocycles. The summed E-state index contributed by atoms with van der Waals surface area (Å²) in [6, 6.07) is 5.06. The number of carbonyl (C=O) groups excluding carboxylic acids is 3. The van der Waals surface area contributed by atoms with Crippen LogP contribution in [0.25, 0.3) is 0 Å². The lowest BCUT2D eigenvalue weighted by Gasteiger charge is -2.39. The third-order valence-electron chi connectivity index (χ3n) is 6.54. The van der Waals surface area contributed by atoms with Crippen LogP contribution in [0.1, 0.15) is 105 Å². The van der Waals surface area contributed by atoms with Gasteiger partial charge in [0.2, 0.25) is 11.8 Å². The van der Waals surface area contributed by atoms with Crippen molar-refractivity contribution < 1.29 is 19.1 Å². The van der Waals surface area contributed by atoms with Gasteiger partial charge in [-0.25, -0.2) is 4.79 Å². The van der Waals surface area contributed by atoms with Crippen molar-refractivity contribution in [1.82, 2.24) is 15.5 Å². The van der Waals surface area contributed by atoms with Gasteiger partial charge < -0.3 is 20.3 Å². The third-order valence-corrected chi connectivity index (χ3v) is 7.18. The molecule has 0 heterocycles. The highest BCUT2D eigenvalue weighted by Crippen LogP contribution is 2.30. The first kappa shape index (κ1) is 35.4. The number of terminal acetylenes is 1. The van der Waals surface area contributed by atoms with Gasteiger partial charge in [0.1, 0.15) is 17.7 Å². The van der Waals surface area contributed by atoms with E-state index in [4.69, 9.17) is 11.2 Å². The first-order valence-corrected chi connectivity index (χ1v) is 15.8. The standard InChI is InChI=1S/C32H51N3O4S/c1-11-15-23(5)33-29(36)28(26-17-14-13-16-25(26)12-2)35(24(6)19-18-22(3)4)30(37)27(20-21-40-10)34-31(38)39-32(7,8)9/h2,13-14,16-17,22-24,27-28H,11,15,18-21H2,1,3-10H3,(H,33,36)(H,34,38). The van der Waals surface area contributed by atoms with Crippen LogP contribution < -0.4 is 10.6 Å². The van der Waals surface area contributed by atoms with Gasteiger partial charge in [0, 0.05) is 17.6 Å². The fourth-order valence-electron chi connectivity index (χ4n) is 4.55. The number of carbonyl (C=O) groups is 3. The first-order chi connectivity index (χ1) is 18.7. The van der Waals surface area contributed by atoms with Crippen LogP contribution >= 0.6 is 11.8 Å². The van der Waals surface area contributed by atoms with Crippen molar-refractivity contribution in [3.8, 4) is 12.3 Å². The van der Waals surface area contributed by atoms with Gasteiger partial charge >= 0.3 is 6.09 Å². The van der Waals surface area contributed by atoms with Crippen molar-refractivity contribution in [2.45, 2.75) is 117 Å². The molecule has 0 aromatic heterocycles. The number of alkyl carbamates (subject to hydrolysis) is 1. The van der Waals surface area contributed by atoms with Crippen LogP contribution in [-0.4, -0.2) is 58.5 Å². The highest BCUT2D eigenvalue weighted by atomic mass is 32.2. The van der Waals surface area contributed by atoms with Gasteiger partial charge in [-0.1, -0.05) is 51.3 Å². The van der Waals surface area contributed by atoms with E-state index in [1.807, 2.05) is 38.3 Å². The summed E-state index contributed by atoms with van der Waals surface area (Å²) in [5, 5.41) is 5.93. The largest absolute Gasteiger partial charge is 0.444 e. The number of hydrogen-bond donors (Lipinski definition) is 2. The first-order valence-electron chi connectivity index (χ1n) is 14.4. The van der Waals surface area contributed by atoms with E-state index < -0.39 is 23.8 Å². The van der Waals surface area contributed by atoms with Crippen LogP contribution in [0.5, 0.6) is 0 Å². The monoisotopic (exact) mass is 573 g/mol. The van der Waals surface area contributed by atoms with Crippen LogP contribution in [0.4, 0.5) is 4.79 Å². The molecule has 0 saturated carbocycles. The van der Waals surface area contributed by atoms with Crippen molar-refractivity contribution in [3.63, 3.8) is 0 Å². The summed E-state index contributed by atoms with van der Waals surface area (Å²) in [6.45, 7) is 15.6. The molecule has 224 valence electrons. The van der Waals surface area contributed by atoms with Crippen LogP contribution in [0.15, 0.2) is 24.3 Å². The smallest absolute Gasteiger partial charge is 0.408 e. The second kappa shape index (κ2) is 17.2. The molecule has 4 atom stereocenters. The molecule has 0 radical (unpaired) electrons. The van der Waals surface area contributed by atoms with E-state index in [0.29, 0.717) is 35.6 Å². The molecule has 2 N–H and O–H groups in total. The second-order valence-electron chi connectivity index (χ2n) is 11.9. The van der Waals surface area contributed by atoms with Crippen LogP contribution in [0.2, 0.25) is 0 Å². The minimum absolute atomic E-state index is 0.0758. The molecule has 7 nitrogen and oxygen atoms in total. The summed E-state index contributed by atoms with van der Waals surface area (Å²) in [7, 11) is 0. The average Bonchev–Trinajstić information content (AvgIpc) is 2.86. The summed E-state index contributed by atoms with van der Waals surface area (Å²) < 4.78 is 5.49. The number of rotatable bonds is 15. The maximum absolute atomic E-state index is 14.5. The molecule has 4 unspecified atom stereocenters. The lowest BCUT2D eigenvalue weighted by molar-refractivity contribution is -0.145. The molecule has 1 rings (SSSR count). The molecule has 0 fully saturated rings. The Kier molecular flexibility index (Phi) is 15.2. The van der Waals surface area contributed by atoms with Gasteiger partial charge in [-0.2, -0.15) is 11.8 Å². The normalized spacial score (nSPS) is 14.4. The van der Waals surface area contributed by atoms with Gasteiger partial charge in [-0.3, -0.25) is 9.59 Å². The van der Waals surface area contributed by atoms with Crippen molar-refractivity contribution in [2.75, 3.05) is 12.0 Å². The van der Waals surface area contributed by atoms with Gasteiger partial charge in [0.25, 0.3) is 0 Å². The predicted octanol–water partition coefficient (Wildman–Crippen LogP) is 6.31. The Bertz CT molecular complexity index is 999. The van der Waals surface area contributed by atoms with E-state index in [1.54, 1.807) is 43.5 Å². The maximum atomic E-state index is 14.5. The fourth-order valence-corrected chi connectivity index (χ4v) is 5.02. The van der Waals surface area contributed by atoms with Crippen LogP contribution in [-0.2, 0) is 14.3 Å². The third kappa shape index (κ3) is 11.8. The highest BCUT2D eigenvalue weighted by molar-refractivity contribution is 7.98. The summed E-state index contributed by atoms with van der Waals surface area (Å²) in [5.41, 5.74) is 0.433. The molecule has 1 aromatic rings. The van der Waals surface area contributed by atoms with Gasteiger partial charge in [-0.15, -0.1) is 6.42 Å². The number of ether oxygens (including phenoxy) is 1. The van der Waals surface area contributed by atoms with E-state index in [2.05, 4.69) is 37.3 Å². The zero-order valence-electron chi connectivity index (χ0n) is 26.0. The Morgan fingerprint density at radius 2 is 1.68 bits per heavy atom. The van der Waals surface area contributed by atoms with Gasteiger partial charge in [-0.05, 0) is 89.9 Å². The molecular formula is C32H51N3O4S. The summed E-state index contributed by atoms with van der Waals surface area (Å²) in [4.78, 5) is 43.0. The van der Waals surface area contributed by atoms with E-state index >= 15 is 0 Å². The highest BCUT2D eigenvalue weighted by Gasteiger charge is 2.39. The molecule has 0 saturated heterocycles. The van der Waals surface area contributed by atoms with Gasteiger partial charge in [0.05, 0.1) is 0 Å². The molecule has 8 heteroatoms. The number of benzene rings is 1. The molecule has 40 heavy (non-hydrogen) atoms. The number of nitrogens with zero attached hydrogens (tertiary/aromatic N) is 1. The Hall–Kier alpha value is -2.66. The van der Waals surface area contributed by atoms with E-state index in [9.17, 15) is 14.4 Å². The molecule has 0 aliphatic rings. The number of amides is 3. The Labute approximate surface area is 246 Å². The van der Waals surface area contributed by atoms with Crippen molar-refractivity contribution in [1.29, 1.82) is 0 Å². The molecular weight excluding hydrogens is 522 g/mol. The average molecular weight is 574 g/mol. The Balaban J connectivity index is 3.70. The Morgan fingerprint density at radius 1 is 1.02 bits per heavy atom. The van der Waals surface area contributed by atoms with Crippen LogP contribution in [0.3, 0.4) is 0 Å². The number of thioether (sulfide) groups is 1. The minimum atomic E-state index is -0.960. The zero-order valence-corrected chi connectivity index (χ0v) is 26.8. The topological polar surface area (TPSA) is 87.7 Å². The predicted molar refractivity (Wildman–Crippen MR) is 166 cm³/mol. The van der Waals surface area contributed by atoms with Crippen molar-refractivity contribution in [2.24, 2.45) is 5.92 Å². The molecule has 3 amide bonds. The van der Waals surface area contributed by atoms with Crippen molar-refractivity contribution in [3.05, 3.63) is 35.4 Å². The lowest BCUT2D eigenvalue weighted by Crippen LogP contribution is -2.56. The lowest BCUT2D eigenvalue weighted by atomic mass is 9.94. The van der Waals surface area contributed by atoms with E-state index in [1.165, 1.54) is 0 Å². The maximum Gasteiger partial charge on any atom is 0.408 e. The summed E-state index contributed by atoms with van der Waals surface area (Å²) >= 11 is 1.58. The van der Waals surface area contributed by atoms with E-state index in [-0.39, 0.29) is 23.9 Å². The number of hydrogen-bond acceptors (Lipinski definition) is 5. The Morgan fingerprint density at radius 3 is 2.23 bits per heavy atom. The van der Waals surface area contributed by atoms with Crippen molar-refractivity contribution >= 4 is 29.7 Å².